The van der Waals surface area contributed by atoms with Gasteiger partial charge in [0.2, 0.25) is 5.91 Å². The summed E-state index contributed by atoms with van der Waals surface area (Å²) in [5, 5.41) is 16.3. The highest BCUT2D eigenvalue weighted by Crippen LogP contribution is 2.39. The number of imidazole rings is 1. The number of amides is 3. The molecule has 4 aromatic rings. The van der Waals surface area contributed by atoms with E-state index in [2.05, 4.69) is 13.1 Å². The number of ether oxygens (including phenoxy) is 4. The highest BCUT2D eigenvalue weighted by molar-refractivity contribution is 6.55. The predicted molar refractivity (Wildman–Crippen MR) is 243 cm³/mol. The van der Waals surface area contributed by atoms with E-state index in [0.29, 0.717) is 48.1 Å². The summed E-state index contributed by atoms with van der Waals surface area (Å²) in [6.07, 6.45) is 1.96. The Hall–Kier alpha value is -5.00. The van der Waals surface area contributed by atoms with Gasteiger partial charge in [0.1, 0.15) is 29.7 Å². The maximum absolute atomic E-state index is 14.9. The lowest BCUT2D eigenvalue weighted by Gasteiger charge is -2.43. The molecule has 2 aromatic heterocycles. The molecule has 1 radical (unpaired) electrons. The number of aromatic hydroxyl groups is 1. The lowest BCUT2D eigenvalue weighted by molar-refractivity contribution is -0.142. The number of carbonyl (C=O) groups is 3. The zero-order valence-corrected chi connectivity index (χ0v) is 40.1. The molecule has 0 bridgehead atoms. The first-order valence-corrected chi connectivity index (χ1v) is 25.3. The van der Waals surface area contributed by atoms with Gasteiger partial charge in [-0.2, -0.15) is 5.10 Å². The number of phenolic OH excluding ortho intramolecular Hbond substituents is 1. The van der Waals surface area contributed by atoms with E-state index in [4.69, 9.17) is 29.0 Å². The number of halogens is 1. The minimum atomic E-state index is -0.939. The maximum atomic E-state index is 14.9. The summed E-state index contributed by atoms with van der Waals surface area (Å²) < 4.78 is 43.1. The lowest BCUT2D eigenvalue weighted by atomic mass is 9.96. The fourth-order valence-electron chi connectivity index (χ4n) is 8.67. The van der Waals surface area contributed by atoms with Gasteiger partial charge in [0.15, 0.2) is 23.6 Å². The van der Waals surface area contributed by atoms with Crippen LogP contribution in [0.25, 0.3) is 33.5 Å². The second-order valence-corrected chi connectivity index (χ2v) is 22.5. The number of aryl methyl sites for hydroxylation is 1. The van der Waals surface area contributed by atoms with Crippen molar-refractivity contribution < 1.29 is 42.8 Å². The molecule has 3 aliphatic heterocycles. The van der Waals surface area contributed by atoms with Crippen molar-refractivity contribution in [1.82, 2.24) is 34.0 Å². The highest BCUT2D eigenvalue weighted by atomic mass is 28.3. The SMILES string of the molecule is CCc1cc(O)c(F)cc1-c1ccc2c(-c3nc4c(n3COCC[Si](C)C)CN(C(=O)OC(C)(C)C)[C@H](C(=O)N3CCN(C(=O)OC(C)(C)C)C[C@@H]3C)C4)nn(C3CCCCO3)c2c1. The van der Waals surface area contributed by atoms with Crippen LogP contribution in [0.1, 0.15) is 97.8 Å². The van der Waals surface area contributed by atoms with E-state index in [9.17, 15) is 23.9 Å². The van der Waals surface area contributed by atoms with E-state index in [1.54, 1.807) is 30.6 Å². The van der Waals surface area contributed by atoms with Crippen LogP contribution in [0.4, 0.5) is 14.0 Å². The molecule has 3 aliphatic rings. The van der Waals surface area contributed by atoms with E-state index < -0.39 is 44.0 Å². The van der Waals surface area contributed by atoms with E-state index >= 15 is 0 Å². The molecule has 17 heteroatoms. The Morgan fingerprint density at radius 2 is 1.72 bits per heavy atom. The Balaban J connectivity index is 1.32. The molecule has 3 atom stereocenters. The Bertz CT molecular complexity index is 2360. The summed E-state index contributed by atoms with van der Waals surface area (Å²) in [4.78, 5) is 52.2. The van der Waals surface area contributed by atoms with Gasteiger partial charge in [-0.3, -0.25) is 9.69 Å². The molecule has 2 fully saturated rings. The molecule has 15 nitrogen and oxygen atoms in total. The lowest BCUT2D eigenvalue weighted by Crippen LogP contribution is -2.61. The fourth-order valence-corrected chi connectivity index (χ4v) is 9.22. The van der Waals surface area contributed by atoms with Gasteiger partial charge in [-0.1, -0.05) is 26.1 Å². The quantitative estimate of drug-likeness (QED) is 0.121. The molecule has 0 saturated carbocycles. The van der Waals surface area contributed by atoms with Gasteiger partial charge >= 0.3 is 12.2 Å². The van der Waals surface area contributed by atoms with Gasteiger partial charge in [-0.15, -0.1) is 0 Å². The number of nitrogens with zero attached hydrogens (tertiary/aromatic N) is 7. The number of benzene rings is 2. The van der Waals surface area contributed by atoms with Gasteiger partial charge in [-0.25, -0.2) is 23.6 Å². The largest absolute Gasteiger partial charge is 0.505 e. The third kappa shape index (κ3) is 10.3. The van der Waals surface area contributed by atoms with Crippen LogP contribution in [0.5, 0.6) is 5.75 Å². The van der Waals surface area contributed by atoms with E-state index in [-0.39, 0.29) is 63.3 Å². The molecule has 5 heterocycles. The minimum Gasteiger partial charge on any atom is -0.505 e. The zero-order valence-electron chi connectivity index (χ0n) is 39.1. The van der Waals surface area contributed by atoms with Crippen molar-refractivity contribution in [3.8, 4) is 28.4 Å². The molecule has 347 valence electrons. The van der Waals surface area contributed by atoms with Gasteiger partial charge < -0.3 is 38.4 Å². The standard InChI is InChI=1S/C47H65FN7O8Si/c1-11-30-23-39(56)34(48)24-33(30)31-15-16-32-36(22-31)55(40-14-12-13-19-61-40)50-41(32)42-49-35-25-37(43(57)52-18-17-51(26-29(52)2)44(58)62-46(3,4)5)53(45(59)63-47(6,7)8)27-38(35)54(42)28-60-20-21-64(9)10/h15-16,22-24,29,37,40,56H,11-14,17-21,25-28H2,1-10H3/t29-,37-,40?/m0/s1. The molecule has 1 N–H and O–H groups in total. The van der Waals surface area contributed by atoms with Crippen LogP contribution in [0.2, 0.25) is 19.1 Å². The number of piperazine rings is 1. The summed E-state index contributed by atoms with van der Waals surface area (Å²) in [7, 11) is -0.570. The number of rotatable bonds is 10. The Morgan fingerprint density at radius 1 is 0.984 bits per heavy atom. The zero-order chi connectivity index (χ0) is 46.2. The first-order chi connectivity index (χ1) is 30.2. The van der Waals surface area contributed by atoms with Crippen LogP contribution in [-0.2, 0) is 49.9 Å². The highest BCUT2D eigenvalue weighted by Gasteiger charge is 2.44. The number of fused-ring (bicyclic) bond motifs is 2. The van der Waals surface area contributed by atoms with Crippen molar-refractivity contribution >= 4 is 37.8 Å². The predicted octanol–water partition coefficient (Wildman–Crippen LogP) is 8.53. The van der Waals surface area contributed by atoms with Crippen LogP contribution >= 0.6 is 0 Å². The Labute approximate surface area is 377 Å². The van der Waals surface area contributed by atoms with Crippen LogP contribution in [0.15, 0.2) is 30.3 Å². The smallest absolute Gasteiger partial charge is 0.411 e. The molecule has 0 aliphatic carbocycles. The van der Waals surface area contributed by atoms with Crippen molar-refractivity contribution in [2.45, 2.75) is 149 Å². The van der Waals surface area contributed by atoms with Gasteiger partial charge in [-0.05, 0) is 121 Å². The van der Waals surface area contributed by atoms with Gasteiger partial charge in [0, 0.05) is 59.5 Å². The van der Waals surface area contributed by atoms with Crippen molar-refractivity contribution in [1.29, 1.82) is 0 Å². The topological polar surface area (TPSA) is 154 Å². The summed E-state index contributed by atoms with van der Waals surface area (Å²) in [6, 6.07) is 8.40. The number of hydrogen-bond acceptors (Lipinski definition) is 10. The minimum absolute atomic E-state index is 0.0284. The number of phenols is 1. The third-order valence-corrected chi connectivity index (χ3v) is 13.1. The van der Waals surface area contributed by atoms with Crippen LogP contribution in [0.3, 0.4) is 0 Å². The Morgan fingerprint density at radius 3 is 2.38 bits per heavy atom. The Kier molecular flexibility index (Phi) is 13.8. The molecule has 2 aromatic carbocycles. The summed E-state index contributed by atoms with van der Waals surface area (Å²) >= 11 is 0. The first kappa shape index (κ1) is 47.0. The molecule has 2 saturated heterocycles. The van der Waals surface area contributed by atoms with Crippen LogP contribution < -0.4 is 0 Å². The summed E-state index contributed by atoms with van der Waals surface area (Å²) in [5.41, 5.74) is 3.47. The van der Waals surface area contributed by atoms with E-state index in [0.717, 1.165) is 47.3 Å². The first-order valence-electron chi connectivity index (χ1n) is 22.6. The van der Waals surface area contributed by atoms with Crippen molar-refractivity contribution in [3.05, 3.63) is 53.1 Å². The normalized spacial score (nSPS) is 19.6. The van der Waals surface area contributed by atoms with Gasteiger partial charge in [0.25, 0.3) is 0 Å². The van der Waals surface area contributed by atoms with Gasteiger partial charge in [0.05, 0.1) is 23.4 Å². The molecule has 0 spiro atoms. The average Bonchev–Trinajstić information content (AvgIpc) is 3.78. The van der Waals surface area contributed by atoms with E-state index in [1.807, 2.05) is 62.1 Å². The number of hydrogen-bond donors (Lipinski definition) is 1. The summed E-state index contributed by atoms with van der Waals surface area (Å²) in [6.45, 7) is 21.3. The molecule has 64 heavy (non-hydrogen) atoms. The third-order valence-electron chi connectivity index (χ3n) is 11.9. The van der Waals surface area contributed by atoms with Crippen molar-refractivity contribution in [3.63, 3.8) is 0 Å². The molecular formula is C47H65FN7O8Si. The fraction of sp³-hybridized carbons (Fsp3) is 0.596. The molecule has 3 amide bonds. The van der Waals surface area contributed by atoms with Crippen molar-refractivity contribution in [2.24, 2.45) is 0 Å². The van der Waals surface area contributed by atoms with Crippen LogP contribution in [0, 0.1) is 5.82 Å². The maximum Gasteiger partial charge on any atom is 0.411 e. The molecule has 7 rings (SSSR count). The number of carbonyl (C=O) groups excluding carboxylic acids is 3. The second-order valence-electron chi connectivity index (χ2n) is 19.5. The molecule has 1 unspecified atom stereocenters. The average molecular weight is 903 g/mol. The number of aromatic nitrogens is 4. The molecular weight excluding hydrogens is 838 g/mol. The van der Waals surface area contributed by atoms with Crippen molar-refractivity contribution in [2.75, 3.05) is 32.8 Å². The van der Waals surface area contributed by atoms with E-state index in [1.165, 1.54) is 17.0 Å². The monoisotopic (exact) mass is 902 g/mol. The summed E-state index contributed by atoms with van der Waals surface area (Å²) in [5.74, 6) is -0.812. The second kappa shape index (κ2) is 18.8. The van der Waals surface area contributed by atoms with Crippen LogP contribution in [-0.4, -0.2) is 122 Å².